The summed E-state index contributed by atoms with van der Waals surface area (Å²) in [6.45, 7) is 2.67. The Hall–Kier alpha value is -1.88. The van der Waals surface area contributed by atoms with Crippen molar-refractivity contribution < 1.29 is 9.32 Å². The summed E-state index contributed by atoms with van der Waals surface area (Å²) < 4.78 is 5.67. The molecular formula is C20H24ClN3O2. The average molecular weight is 374 g/mol. The van der Waals surface area contributed by atoms with Crippen molar-refractivity contribution in [2.45, 2.75) is 63.3 Å². The van der Waals surface area contributed by atoms with E-state index in [1.807, 2.05) is 30.0 Å². The van der Waals surface area contributed by atoms with E-state index in [1.54, 1.807) is 0 Å². The first-order valence-electron chi connectivity index (χ1n) is 9.53. The molecule has 5 nitrogen and oxygen atoms in total. The van der Waals surface area contributed by atoms with Gasteiger partial charge >= 0.3 is 0 Å². The molecule has 2 aromatic rings. The van der Waals surface area contributed by atoms with Crippen molar-refractivity contribution in [3.63, 3.8) is 0 Å². The van der Waals surface area contributed by atoms with Gasteiger partial charge in [0.15, 0.2) is 5.82 Å². The van der Waals surface area contributed by atoms with Gasteiger partial charge in [-0.05, 0) is 49.8 Å². The van der Waals surface area contributed by atoms with Gasteiger partial charge in [-0.2, -0.15) is 4.98 Å². The van der Waals surface area contributed by atoms with Gasteiger partial charge in [0.05, 0.1) is 5.41 Å². The van der Waals surface area contributed by atoms with Gasteiger partial charge in [-0.25, -0.2) is 0 Å². The zero-order chi connectivity index (χ0) is 18.1. The monoisotopic (exact) mass is 373 g/mol. The second-order valence-corrected chi connectivity index (χ2v) is 7.79. The first-order chi connectivity index (χ1) is 12.6. The fraction of sp³-hybridized carbons (Fsp3) is 0.550. The molecule has 1 aliphatic carbocycles. The summed E-state index contributed by atoms with van der Waals surface area (Å²) in [4.78, 5) is 19.0. The fourth-order valence-corrected chi connectivity index (χ4v) is 4.40. The van der Waals surface area contributed by atoms with Crippen LogP contribution in [0.25, 0.3) is 0 Å². The summed E-state index contributed by atoms with van der Waals surface area (Å²) in [5.41, 5.74) is 0.940. The van der Waals surface area contributed by atoms with Crippen molar-refractivity contribution in [1.82, 2.24) is 15.0 Å². The molecular weight excluding hydrogens is 350 g/mol. The van der Waals surface area contributed by atoms with Crippen LogP contribution in [0.15, 0.2) is 28.8 Å². The second-order valence-electron chi connectivity index (χ2n) is 7.35. The lowest BCUT2D eigenvalue weighted by Crippen LogP contribution is -2.39. The van der Waals surface area contributed by atoms with E-state index < -0.39 is 0 Å². The quantitative estimate of drug-likeness (QED) is 0.782. The highest BCUT2D eigenvalue weighted by Gasteiger charge is 2.45. The number of benzene rings is 1. The van der Waals surface area contributed by atoms with Crippen LogP contribution in [0, 0.1) is 0 Å². The molecule has 1 atom stereocenters. The van der Waals surface area contributed by atoms with E-state index in [9.17, 15) is 4.79 Å². The van der Waals surface area contributed by atoms with Gasteiger partial charge in [-0.15, -0.1) is 0 Å². The molecule has 0 bridgehead atoms. The highest BCUT2D eigenvalue weighted by molar-refractivity contribution is 6.30. The topological polar surface area (TPSA) is 59.2 Å². The number of halogens is 1. The maximum absolute atomic E-state index is 12.3. The minimum absolute atomic E-state index is 0.0889. The molecule has 1 aliphatic heterocycles. The van der Waals surface area contributed by atoms with E-state index in [0.29, 0.717) is 12.3 Å². The number of carbonyl (C=O) groups is 1. The zero-order valence-corrected chi connectivity index (χ0v) is 15.8. The Balaban J connectivity index is 1.65. The standard InChI is InChI=1S/C20H24ClN3O2/c1-2-17(25)24-12-4-3-9-16(24)18-22-19(23-26-18)20(10-6-11-20)14-7-5-8-15(21)13-14/h5,7-8,13,16H,2-4,6,9-12H2,1H3. The number of rotatable bonds is 4. The summed E-state index contributed by atoms with van der Waals surface area (Å²) in [5, 5.41) is 5.07. The molecule has 1 amide bonds. The number of hydrogen-bond acceptors (Lipinski definition) is 4. The molecule has 0 spiro atoms. The third-order valence-electron chi connectivity index (χ3n) is 5.86. The Bertz CT molecular complexity index is 800. The maximum Gasteiger partial charge on any atom is 0.249 e. The van der Waals surface area contributed by atoms with Crippen LogP contribution in [0.5, 0.6) is 0 Å². The molecule has 6 heteroatoms. The molecule has 1 aromatic heterocycles. The first kappa shape index (κ1) is 17.5. The van der Waals surface area contributed by atoms with Gasteiger partial charge in [0.1, 0.15) is 6.04 Å². The van der Waals surface area contributed by atoms with E-state index in [4.69, 9.17) is 21.1 Å². The van der Waals surface area contributed by atoms with E-state index in [0.717, 1.165) is 61.5 Å². The van der Waals surface area contributed by atoms with Crippen molar-refractivity contribution >= 4 is 17.5 Å². The van der Waals surface area contributed by atoms with Gasteiger partial charge in [0.2, 0.25) is 11.8 Å². The summed E-state index contributed by atoms with van der Waals surface area (Å²) in [5.74, 6) is 1.47. The summed E-state index contributed by atoms with van der Waals surface area (Å²) in [6.07, 6.45) is 6.63. The second kappa shape index (κ2) is 7.03. The molecule has 2 fully saturated rings. The van der Waals surface area contributed by atoms with Crippen LogP contribution in [0.1, 0.15) is 75.2 Å². The smallest absolute Gasteiger partial charge is 0.249 e. The van der Waals surface area contributed by atoms with E-state index >= 15 is 0 Å². The molecule has 1 unspecified atom stereocenters. The predicted octanol–water partition coefficient (Wildman–Crippen LogP) is 4.66. The van der Waals surface area contributed by atoms with Crippen LogP contribution in [0.4, 0.5) is 0 Å². The van der Waals surface area contributed by atoms with Gasteiger partial charge in [-0.1, -0.05) is 42.2 Å². The first-order valence-corrected chi connectivity index (χ1v) is 9.91. The minimum atomic E-state index is -0.207. The van der Waals surface area contributed by atoms with Crippen LogP contribution in [-0.2, 0) is 10.2 Å². The third kappa shape index (κ3) is 2.92. The Kier molecular flexibility index (Phi) is 4.74. The molecule has 26 heavy (non-hydrogen) atoms. The van der Waals surface area contributed by atoms with Gasteiger partial charge < -0.3 is 9.42 Å². The number of nitrogens with zero attached hydrogens (tertiary/aromatic N) is 3. The molecule has 1 saturated heterocycles. The number of amides is 1. The number of aromatic nitrogens is 2. The minimum Gasteiger partial charge on any atom is -0.337 e. The summed E-state index contributed by atoms with van der Waals surface area (Å²) >= 11 is 6.21. The lowest BCUT2D eigenvalue weighted by molar-refractivity contribution is -0.135. The Morgan fingerprint density at radius 3 is 2.88 bits per heavy atom. The van der Waals surface area contributed by atoms with E-state index in [2.05, 4.69) is 11.2 Å². The fourth-order valence-electron chi connectivity index (χ4n) is 4.21. The largest absolute Gasteiger partial charge is 0.337 e. The zero-order valence-electron chi connectivity index (χ0n) is 15.1. The molecule has 1 saturated carbocycles. The maximum atomic E-state index is 12.3. The van der Waals surface area contributed by atoms with Crippen molar-refractivity contribution in [3.05, 3.63) is 46.6 Å². The average Bonchev–Trinajstić information content (AvgIpc) is 3.10. The molecule has 138 valence electrons. The van der Waals surface area contributed by atoms with E-state index in [-0.39, 0.29) is 17.4 Å². The summed E-state index contributed by atoms with van der Waals surface area (Å²) in [7, 11) is 0. The highest BCUT2D eigenvalue weighted by Crippen LogP contribution is 2.48. The van der Waals surface area contributed by atoms with Crippen molar-refractivity contribution in [2.24, 2.45) is 0 Å². The highest BCUT2D eigenvalue weighted by atomic mass is 35.5. The number of hydrogen-bond donors (Lipinski definition) is 0. The Morgan fingerprint density at radius 1 is 1.35 bits per heavy atom. The molecule has 0 N–H and O–H groups in total. The number of piperidine rings is 1. The predicted molar refractivity (Wildman–Crippen MR) is 99.0 cm³/mol. The summed E-state index contributed by atoms with van der Waals surface area (Å²) in [6, 6.07) is 7.87. The van der Waals surface area contributed by atoms with Gasteiger partial charge in [0, 0.05) is 18.0 Å². The number of likely N-dealkylation sites (tertiary alicyclic amines) is 1. The third-order valence-corrected chi connectivity index (χ3v) is 6.10. The molecule has 2 heterocycles. The normalized spacial score (nSPS) is 22.1. The SMILES string of the molecule is CCC(=O)N1CCCCC1c1nc(C2(c3cccc(Cl)c3)CCC2)no1. The van der Waals surface area contributed by atoms with Crippen molar-refractivity contribution in [3.8, 4) is 0 Å². The van der Waals surface area contributed by atoms with Gasteiger partial charge in [0.25, 0.3) is 0 Å². The van der Waals surface area contributed by atoms with Crippen LogP contribution in [0.2, 0.25) is 5.02 Å². The Morgan fingerprint density at radius 2 is 2.19 bits per heavy atom. The lowest BCUT2D eigenvalue weighted by Gasteiger charge is -2.39. The molecule has 4 rings (SSSR count). The van der Waals surface area contributed by atoms with Crippen LogP contribution >= 0.6 is 11.6 Å². The van der Waals surface area contributed by atoms with Gasteiger partial charge in [-0.3, -0.25) is 4.79 Å². The van der Waals surface area contributed by atoms with E-state index in [1.165, 1.54) is 0 Å². The van der Waals surface area contributed by atoms with Crippen molar-refractivity contribution in [1.29, 1.82) is 0 Å². The van der Waals surface area contributed by atoms with Crippen molar-refractivity contribution in [2.75, 3.05) is 6.54 Å². The van der Waals surface area contributed by atoms with Crippen LogP contribution < -0.4 is 0 Å². The molecule has 2 aliphatic rings. The number of carbonyl (C=O) groups excluding carboxylic acids is 1. The molecule has 0 radical (unpaired) electrons. The Labute approximate surface area is 158 Å². The van der Waals surface area contributed by atoms with Crippen LogP contribution in [-0.4, -0.2) is 27.5 Å². The molecule has 1 aromatic carbocycles. The lowest BCUT2D eigenvalue weighted by atomic mass is 9.64. The van der Waals surface area contributed by atoms with Crippen LogP contribution in [0.3, 0.4) is 0 Å².